The number of rotatable bonds is 3. The Morgan fingerprint density at radius 3 is 2.82 bits per heavy atom. The van der Waals surface area contributed by atoms with Crippen molar-refractivity contribution in [2.75, 3.05) is 13.1 Å². The Kier molecular flexibility index (Phi) is 4.04. The fourth-order valence-electron chi connectivity index (χ4n) is 2.60. The average molecular weight is 302 g/mol. The lowest BCUT2D eigenvalue weighted by atomic mass is 10.1. The van der Waals surface area contributed by atoms with E-state index in [4.69, 9.17) is 9.26 Å². The number of carbonyl (C=O) groups excluding carboxylic acids is 1. The van der Waals surface area contributed by atoms with Crippen molar-refractivity contribution >= 4 is 5.91 Å². The first-order valence-corrected chi connectivity index (χ1v) is 7.31. The van der Waals surface area contributed by atoms with Gasteiger partial charge in [0.25, 0.3) is 5.91 Å². The Hall–Kier alpha value is -2.44. The Balaban J connectivity index is 1.66. The SMILES string of the molecule is Cc1cc(C)nc(OC2CCCN(C(=O)c3ccno3)C2)n1. The molecule has 0 spiro atoms. The number of ether oxygens (including phenoxy) is 1. The molecule has 1 saturated heterocycles. The van der Waals surface area contributed by atoms with E-state index in [0.717, 1.165) is 24.2 Å². The summed E-state index contributed by atoms with van der Waals surface area (Å²) in [5, 5.41) is 3.57. The highest BCUT2D eigenvalue weighted by molar-refractivity contribution is 5.91. The second-order valence-electron chi connectivity index (χ2n) is 5.44. The Morgan fingerprint density at radius 1 is 1.36 bits per heavy atom. The van der Waals surface area contributed by atoms with E-state index in [0.29, 0.717) is 19.1 Å². The van der Waals surface area contributed by atoms with Crippen LogP contribution in [0.5, 0.6) is 6.01 Å². The lowest BCUT2D eigenvalue weighted by molar-refractivity contribution is 0.0480. The second-order valence-corrected chi connectivity index (χ2v) is 5.44. The first-order valence-electron chi connectivity index (χ1n) is 7.31. The lowest BCUT2D eigenvalue weighted by Gasteiger charge is -2.31. The number of nitrogens with zero attached hydrogens (tertiary/aromatic N) is 4. The van der Waals surface area contributed by atoms with Gasteiger partial charge < -0.3 is 14.2 Å². The van der Waals surface area contributed by atoms with Gasteiger partial charge in [0.05, 0.1) is 12.7 Å². The van der Waals surface area contributed by atoms with Gasteiger partial charge in [-0.1, -0.05) is 5.16 Å². The van der Waals surface area contributed by atoms with Crippen molar-refractivity contribution in [2.24, 2.45) is 0 Å². The number of amides is 1. The van der Waals surface area contributed by atoms with Gasteiger partial charge in [-0.05, 0) is 32.8 Å². The third-order valence-corrected chi connectivity index (χ3v) is 3.55. The summed E-state index contributed by atoms with van der Waals surface area (Å²) in [5.41, 5.74) is 1.74. The topological polar surface area (TPSA) is 81.4 Å². The predicted octanol–water partition coefficient (Wildman–Crippen LogP) is 1.77. The van der Waals surface area contributed by atoms with E-state index < -0.39 is 0 Å². The zero-order valence-electron chi connectivity index (χ0n) is 12.7. The molecule has 0 N–H and O–H groups in total. The van der Waals surface area contributed by atoms with Crippen LogP contribution in [0.3, 0.4) is 0 Å². The molecule has 3 heterocycles. The molecule has 1 fully saturated rings. The van der Waals surface area contributed by atoms with Gasteiger partial charge in [-0.3, -0.25) is 4.79 Å². The Morgan fingerprint density at radius 2 is 2.14 bits per heavy atom. The zero-order valence-corrected chi connectivity index (χ0v) is 12.7. The molecule has 1 aliphatic rings. The van der Waals surface area contributed by atoms with E-state index in [1.54, 1.807) is 11.0 Å². The second kappa shape index (κ2) is 6.13. The van der Waals surface area contributed by atoms with Crippen LogP contribution < -0.4 is 4.74 Å². The van der Waals surface area contributed by atoms with Crippen LogP contribution in [-0.4, -0.2) is 45.1 Å². The molecule has 2 aromatic rings. The summed E-state index contributed by atoms with van der Waals surface area (Å²) in [7, 11) is 0. The molecular weight excluding hydrogens is 284 g/mol. The fraction of sp³-hybridized carbons (Fsp3) is 0.467. The molecule has 1 unspecified atom stereocenters. The summed E-state index contributed by atoms with van der Waals surface area (Å²) in [6, 6.07) is 3.84. The van der Waals surface area contributed by atoms with Crippen molar-refractivity contribution in [2.45, 2.75) is 32.8 Å². The highest BCUT2D eigenvalue weighted by atomic mass is 16.5. The van der Waals surface area contributed by atoms with Gasteiger partial charge in [0.15, 0.2) is 0 Å². The van der Waals surface area contributed by atoms with E-state index in [-0.39, 0.29) is 17.8 Å². The minimum absolute atomic E-state index is 0.109. The number of carbonyl (C=O) groups is 1. The number of aryl methyl sites for hydroxylation is 2. The molecular formula is C15H18N4O3. The molecule has 0 radical (unpaired) electrons. The number of likely N-dealkylation sites (tertiary alicyclic amines) is 1. The highest BCUT2D eigenvalue weighted by Gasteiger charge is 2.27. The first kappa shape index (κ1) is 14.5. The van der Waals surface area contributed by atoms with Crippen molar-refractivity contribution in [1.82, 2.24) is 20.0 Å². The van der Waals surface area contributed by atoms with Gasteiger partial charge in [0, 0.05) is 24.0 Å². The molecule has 22 heavy (non-hydrogen) atoms. The maximum atomic E-state index is 12.3. The van der Waals surface area contributed by atoms with Crippen LogP contribution in [0.1, 0.15) is 34.8 Å². The van der Waals surface area contributed by atoms with E-state index in [9.17, 15) is 4.79 Å². The van der Waals surface area contributed by atoms with Crippen LogP contribution in [0.25, 0.3) is 0 Å². The zero-order chi connectivity index (χ0) is 15.5. The largest absolute Gasteiger partial charge is 0.458 e. The fourth-order valence-corrected chi connectivity index (χ4v) is 2.60. The summed E-state index contributed by atoms with van der Waals surface area (Å²) in [4.78, 5) is 22.6. The van der Waals surface area contributed by atoms with Crippen molar-refractivity contribution in [1.29, 1.82) is 0 Å². The number of hydrogen-bond acceptors (Lipinski definition) is 6. The maximum absolute atomic E-state index is 12.3. The molecule has 0 saturated carbocycles. The van der Waals surface area contributed by atoms with Crippen molar-refractivity contribution in [3.05, 3.63) is 35.5 Å². The van der Waals surface area contributed by atoms with Gasteiger partial charge >= 0.3 is 6.01 Å². The predicted molar refractivity (Wildman–Crippen MR) is 77.6 cm³/mol. The van der Waals surface area contributed by atoms with Crippen molar-refractivity contribution in [3.63, 3.8) is 0 Å². The van der Waals surface area contributed by atoms with Crippen LogP contribution in [0, 0.1) is 13.8 Å². The molecule has 1 amide bonds. The third kappa shape index (κ3) is 3.24. The van der Waals surface area contributed by atoms with Crippen LogP contribution in [0.2, 0.25) is 0 Å². The van der Waals surface area contributed by atoms with Crippen molar-refractivity contribution in [3.8, 4) is 6.01 Å². The van der Waals surface area contributed by atoms with Gasteiger partial charge in [-0.15, -0.1) is 0 Å². The monoisotopic (exact) mass is 302 g/mol. The average Bonchev–Trinajstić information content (AvgIpc) is 3.00. The number of hydrogen-bond donors (Lipinski definition) is 0. The molecule has 7 heteroatoms. The van der Waals surface area contributed by atoms with Gasteiger partial charge in [0.2, 0.25) is 5.76 Å². The molecule has 1 aliphatic heterocycles. The summed E-state index contributed by atoms with van der Waals surface area (Å²) in [6.07, 6.45) is 3.10. The van der Waals surface area contributed by atoms with Gasteiger partial charge in [-0.2, -0.15) is 0 Å². The molecule has 0 bridgehead atoms. The van der Waals surface area contributed by atoms with E-state index in [2.05, 4.69) is 15.1 Å². The minimum Gasteiger partial charge on any atom is -0.458 e. The number of aromatic nitrogens is 3. The molecule has 116 valence electrons. The highest BCUT2D eigenvalue weighted by Crippen LogP contribution is 2.18. The summed E-state index contributed by atoms with van der Waals surface area (Å²) >= 11 is 0. The van der Waals surface area contributed by atoms with Gasteiger partial charge in [-0.25, -0.2) is 9.97 Å². The maximum Gasteiger partial charge on any atom is 0.317 e. The smallest absolute Gasteiger partial charge is 0.317 e. The molecule has 1 atom stereocenters. The molecule has 3 rings (SSSR count). The molecule has 7 nitrogen and oxygen atoms in total. The van der Waals surface area contributed by atoms with E-state index >= 15 is 0 Å². The quantitative estimate of drug-likeness (QED) is 0.859. The number of piperidine rings is 1. The molecule has 2 aromatic heterocycles. The van der Waals surface area contributed by atoms with Crippen LogP contribution in [0.15, 0.2) is 22.9 Å². The lowest BCUT2D eigenvalue weighted by Crippen LogP contribution is -2.44. The summed E-state index contributed by atoms with van der Waals surface area (Å²) in [5.74, 6) is 0.0930. The first-order chi connectivity index (χ1) is 10.6. The summed E-state index contributed by atoms with van der Waals surface area (Å²) in [6.45, 7) is 4.99. The van der Waals surface area contributed by atoms with Crippen LogP contribution in [0.4, 0.5) is 0 Å². The van der Waals surface area contributed by atoms with Gasteiger partial charge in [0.1, 0.15) is 6.10 Å². The normalized spacial score (nSPS) is 18.3. The Labute approximate surface area is 128 Å². The minimum atomic E-state index is -0.160. The Bertz CT molecular complexity index is 637. The summed E-state index contributed by atoms with van der Waals surface area (Å²) < 4.78 is 10.8. The molecule has 0 aromatic carbocycles. The standard InChI is InChI=1S/C15H18N4O3/c1-10-8-11(2)18-15(17-10)21-12-4-3-7-19(9-12)14(20)13-5-6-16-22-13/h5-6,8,12H,3-4,7,9H2,1-2H3. The van der Waals surface area contributed by atoms with Crippen molar-refractivity contribution < 1.29 is 14.1 Å². The molecule has 0 aliphatic carbocycles. The third-order valence-electron chi connectivity index (χ3n) is 3.55. The van der Waals surface area contributed by atoms with E-state index in [1.165, 1.54) is 6.20 Å². The van der Waals surface area contributed by atoms with E-state index in [1.807, 2.05) is 19.9 Å². The van der Waals surface area contributed by atoms with Crippen LogP contribution in [-0.2, 0) is 0 Å². The van der Waals surface area contributed by atoms with Crippen LogP contribution >= 0.6 is 0 Å².